The normalized spacial score (nSPS) is 11.1. The number of fused-ring (bicyclic) bond motifs is 1. The zero-order chi connectivity index (χ0) is 19.3. The van der Waals surface area contributed by atoms with Crippen LogP contribution in [-0.2, 0) is 12.8 Å². The van der Waals surface area contributed by atoms with Gasteiger partial charge in [0.15, 0.2) is 0 Å². The van der Waals surface area contributed by atoms with Crippen molar-refractivity contribution < 1.29 is 0 Å². The number of hydrogen-bond donors (Lipinski definition) is 1. The minimum Gasteiger partial charge on any atom is -0.369 e. The van der Waals surface area contributed by atoms with Crippen LogP contribution in [0.2, 0.25) is 0 Å². The Bertz CT molecular complexity index is 1060. The van der Waals surface area contributed by atoms with Crippen LogP contribution in [0.3, 0.4) is 0 Å². The summed E-state index contributed by atoms with van der Waals surface area (Å²) >= 11 is 1.73. The molecule has 142 valence electrons. The van der Waals surface area contributed by atoms with Gasteiger partial charge in [0, 0.05) is 23.4 Å². The van der Waals surface area contributed by atoms with Crippen molar-refractivity contribution in [3.63, 3.8) is 0 Å². The van der Waals surface area contributed by atoms with E-state index in [0.29, 0.717) is 0 Å². The number of aromatic nitrogens is 4. The first-order valence-electron chi connectivity index (χ1n) is 9.60. The summed E-state index contributed by atoms with van der Waals surface area (Å²) in [7, 11) is 0. The van der Waals surface area contributed by atoms with E-state index < -0.39 is 0 Å². The highest BCUT2D eigenvalue weighted by Crippen LogP contribution is 2.28. The minimum absolute atomic E-state index is 0.848. The fourth-order valence-electron chi connectivity index (χ4n) is 3.20. The van der Waals surface area contributed by atoms with Crippen molar-refractivity contribution in [2.75, 3.05) is 11.9 Å². The van der Waals surface area contributed by atoms with Crippen LogP contribution in [0.5, 0.6) is 0 Å². The van der Waals surface area contributed by atoms with Crippen LogP contribution >= 0.6 is 11.3 Å². The Morgan fingerprint density at radius 1 is 1.00 bits per heavy atom. The predicted octanol–water partition coefficient (Wildman–Crippen LogP) is 5.06. The summed E-state index contributed by atoms with van der Waals surface area (Å²) in [5.74, 6) is 1.87. The van der Waals surface area contributed by atoms with Crippen LogP contribution in [-0.4, -0.2) is 26.7 Å². The van der Waals surface area contributed by atoms with E-state index in [-0.39, 0.29) is 0 Å². The van der Waals surface area contributed by atoms with Crippen LogP contribution in [0.15, 0.2) is 48.8 Å². The third kappa shape index (κ3) is 4.17. The number of rotatable bonds is 7. The first-order valence-corrected chi connectivity index (χ1v) is 10.4. The number of nitrogens with zero attached hydrogens (tertiary/aromatic N) is 4. The zero-order valence-corrected chi connectivity index (χ0v) is 17.0. The maximum absolute atomic E-state index is 4.70. The molecule has 4 aromatic rings. The molecule has 0 bridgehead atoms. The fraction of sp³-hybridized carbons (Fsp3) is 0.273. The van der Waals surface area contributed by atoms with Gasteiger partial charge in [-0.15, -0.1) is 11.3 Å². The Kier molecular flexibility index (Phi) is 5.58. The number of aryl methyl sites for hydroxylation is 3. The maximum Gasteiger partial charge on any atom is 0.138 e. The van der Waals surface area contributed by atoms with Crippen LogP contribution in [0.4, 0.5) is 5.82 Å². The fourth-order valence-corrected chi connectivity index (χ4v) is 4.10. The van der Waals surface area contributed by atoms with Gasteiger partial charge >= 0.3 is 0 Å². The number of hydrogen-bond acceptors (Lipinski definition) is 6. The molecule has 1 aromatic carbocycles. The molecule has 0 atom stereocenters. The highest BCUT2D eigenvalue weighted by molar-refractivity contribution is 7.18. The number of nitrogens with one attached hydrogen (secondary N) is 1. The SMILES string of the molecule is CCc1nc(NCCCc2ccc(-c3ccnnc3)cc2)c2cc(C)sc2n1. The summed E-state index contributed by atoms with van der Waals surface area (Å²) in [5.41, 5.74) is 3.59. The van der Waals surface area contributed by atoms with Gasteiger partial charge in [-0.05, 0) is 43.0 Å². The Morgan fingerprint density at radius 3 is 2.61 bits per heavy atom. The van der Waals surface area contributed by atoms with Gasteiger partial charge in [0.2, 0.25) is 0 Å². The molecule has 1 N–H and O–H groups in total. The van der Waals surface area contributed by atoms with Gasteiger partial charge < -0.3 is 5.32 Å². The lowest BCUT2D eigenvalue weighted by Crippen LogP contribution is -2.07. The molecule has 28 heavy (non-hydrogen) atoms. The summed E-state index contributed by atoms with van der Waals surface area (Å²) in [4.78, 5) is 11.7. The third-order valence-electron chi connectivity index (χ3n) is 4.68. The molecule has 4 rings (SSSR count). The Balaban J connectivity index is 1.36. The van der Waals surface area contributed by atoms with Crippen molar-refractivity contribution in [3.8, 4) is 11.1 Å². The molecule has 0 radical (unpaired) electrons. The first kappa shape index (κ1) is 18.5. The minimum atomic E-state index is 0.848. The third-order valence-corrected chi connectivity index (χ3v) is 5.63. The maximum atomic E-state index is 4.70. The Labute approximate surface area is 168 Å². The molecule has 0 fully saturated rings. The summed E-state index contributed by atoms with van der Waals surface area (Å²) in [6.45, 7) is 5.10. The molecule has 0 aliphatic carbocycles. The van der Waals surface area contributed by atoms with Crippen molar-refractivity contribution in [2.45, 2.75) is 33.1 Å². The molecule has 0 aliphatic heterocycles. The topological polar surface area (TPSA) is 63.6 Å². The average Bonchev–Trinajstić information content (AvgIpc) is 3.12. The average molecular weight is 390 g/mol. The molecular weight excluding hydrogens is 366 g/mol. The van der Waals surface area contributed by atoms with Gasteiger partial charge in [-0.2, -0.15) is 10.2 Å². The molecule has 0 spiro atoms. The predicted molar refractivity (Wildman–Crippen MR) is 116 cm³/mol. The number of thiophene rings is 1. The van der Waals surface area contributed by atoms with Crippen molar-refractivity contribution in [1.82, 2.24) is 20.2 Å². The van der Waals surface area contributed by atoms with Gasteiger partial charge in [-0.25, -0.2) is 9.97 Å². The van der Waals surface area contributed by atoms with E-state index in [2.05, 4.69) is 64.7 Å². The second-order valence-corrected chi connectivity index (χ2v) is 8.01. The molecule has 0 aliphatic rings. The van der Waals surface area contributed by atoms with Crippen LogP contribution in [0, 0.1) is 6.92 Å². The van der Waals surface area contributed by atoms with E-state index in [0.717, 1.165) is 53.2 Å². The largest absolute Gasteiger partial charge is 0.369 e. The molecular formula is C22H23N5S. The number of benzene rings is 1. The van der Waals surface area contributed by atoms with Gasteiger partial charge in [0.1, 0.15) is 16.5 Å². The van der Waals surface area contributed by atoms with Gasteiger partial charge in [0.05, 0.1) is 17.8 Å². The Morgan fingerprint density at radius 2 is 1.86 bits per heavy atom. The van der Waals surface area contributed by atoms with Gasteiger partial charge in [-0.1, -0.05) is 31.2 Å². The molecule has 5 nitrogen and oxygen atoms in total. The second kappa shape index (κ2) is 8.44. The quantitative estimate of drug-likeness (QED) is 0.447. The summed E-state index contributed by atoms with van der Waals surface area (Å²) in [5, 5.41) is 12.4. The smallest absolute Gasteiger partial charge is 0.138 e. The van der Waals surface area contributed by atoms with Crippen LogP contribution < -0.4 is 5.32 Å². The lowest BCUT2D eigenvalue weighted by atomic mass is 10.0. The molecule has 0 amide bonds. The summed E-state index contributed by atoms with van der Waals surface area (Å²) < 4.78 is 0. The van der Waals surface area contributed by atoms with E-state index in [1.807, 2.05) is 6.07 Å². The standard InChI is InChI=1S/C22H23N5S/c1-3-20-26-21(19-13-15(2)28-22(19)27-20)23-11-4-5-16-6-8-17(9-7-16)18-10-12-24-25-14-18/h6-10,12-14H,3-5,11H2,1-2H3,(H,23,26,27). The van der Waals surface area contributed by atoms with E-state index in [1.54, 1.807) is 23.7 Å². The van der Waals surface area contributed by atoms with Crippen LogP contribution in [0.25, 0.3) is 21.3 Å². The molecule has 3 heterocycles. The molecule has 0 saturated heterocycles. The zero-order valence-electron chi connectivity index (χ0n) is 16.1. The summed E-state index contributed by atoms with van der Waals surface area (Å²) in [6, 6.07) is 12.8. The van der Waals surface area contributed by atoms with Crippen molar-refractivity contribution in [1.29, 1.82) is 0 Å². The first-order chi connectivity index (χ1) is 13.7. The monoisotopic (exact) mass is 389 g/mol. The van der Waals surface area contributed by atoms with E-state index in [1.165, 1.54) is 16.0 Å². The van der Waals surface area contributed by atoms with Gasteiger partial charge in [-0.3, -0.25) is 0 Å². The lowest BCUT2D eigenvalue weighted by Gasteiger charge is -2.09. The van der Waals surface area contributed by atoms with E-state index in [9.17, 15) is 0 Å². The van der Waals surface area contributed by atoms with Crippen molar-refractivity contribution in [3.05, 3.63) is 65.1 Å². The molecule has 3 aromatic heterocycles. The summed E-state index contributed by atoms with van der Waals surface area (Å²) in [6.07, 6.45) is 6.43. The second-order valence-electron chi connectivity index (χ2n) is 6.78. The Hall–Kier alpha value is -2.86. The van der Waals surface area contributed by atoms with Crippen molar-refractivity contribution in [2.24, 2.45) is 0 Å². The van der Waals surface area contributed by atoms with Gasteiger partial charge in [0.25, 0.3) is 0 Å². The molecule has 6 heteroatoms. The lowest BCUT2D eigenvalue weighted by molar-refractivity contribution is 0.855. The number of anilines is 1. The molecule has 0 unspecified atom stereocenters. The van der Waals surface area contributed by atoms with E-state index in [4.69, 9.17) is 4.98 Å². The highest BCUT2D eigenvalue weighted by atomic mass is 32.1. The van der Waals surface area contributed by atoms with Crippen molar-refractivity contribution >= 4 is 27.4 Å². The van der Waals surface area contributed by atoms with E-state index >= 15 is 0 Å². The molecule has 0 saturated carbocycles. The highest BCUT2D eigenvalue weighted by Gasteiger charge is 2.09. The van der Waals surface area contributed by atoms with Crippen LogP contribution in [0.1, 0.15) is 29.6 Å².